The van der Waals surface area contributed by atoms with Crippen LogP contribution in [0.5, 0.6) is 0 Å². The van der Waals surface area contributed by atoms with Crippen molar-refractivity contribution in [2.24, 2.45) is 0 Å². The zero-order chi connectivity index (χ0) is 12.5. The third-order valence-electron chi connectivity index (χ3n) is 3.00. The van der Waals surface area contributed by atoms with Crippen LogP contribution in [0.2, 0.25) is 0 Å². The Balaban J connectivity index is 2.56. The van der Waals surface area contributed by atoms with E-state index in [2.05, 4.69) is 30.2 Å². The van der Waals surface area contributed by atoms with E-state index in [1.165, 1.54) is 0 Å². The van der Waals surface area contributed by atoms with E-state index in [9.17, 15) is 0 Å². The molecule has 0 amide bonds. The van der Waals surface area contributed by atoms with E-state index in [0.717, 1.165) is 31.9 Å². The summed E-state index contributed by atoms with van der Waals surface area (Å²) in [5, 5.41) is 3.52. The van der Waals surface area contributed by atoms with Gasteiger partial charge in [-0.15, -0.1) is 0 Å². The van der Waals surface area contributed by atoms with Gasteiger partial charge in [-0.2, -0.15) is 0 Å². The van der Waals surface area contributed by atoms with Crippen LogP contribution >= 0.6 is 0 Å². The molecule has 0 saturated carbocycles. The molecule has 2 unspecified atom stereocenters. The maximum Gasteiger partial charge on any atom is 0.0480 e. The quantitative estimate of drug-likeness (QED) is 0.704. The summed E-state index contributed by atoms with van der Waals surface area (Å²) >= 11 is 0. The van der Waals surface area contributed by atoms with Gasteiger partial charge in [-0.3, -0.25) is 4.98 Å². The topological polar surface area (TPSA) is 34.1 Å². The lowest BCUT2D eigenvalue weighted by Gasteiger charge is -2.24. The second-order valence-electron chi connectivity index (χ2n) is 4.19. The van der Waals surface area contributed by atoms with E-state index < -0.39 is 0 Å². The Morgan fingerprint density at radius 2 is 2.18 bits per heavy atom. The molecule has 1 aromatic heterocycles. The first-order chi connectivity index (χ1) is 8.29. The average Bonchev–Trinajstić information content (AvgIpc) is 2.38. The van der Waals surface area contributed by atoms with Crippen molar-refractivity contribution in [3.05, 3.63) is 30.1 Å². The molecule has 0 aliphatic rings. The van der Waals surface area contributed by atoms with Crippen molar-refractivity contribution in [2.75, 3.05) is 19.8 Å². The molecule has 0 radical (unpaired) electrons. The lowest BCUT2D eigenvalue weighted by Crippen LogP contribution is -2.35. The summed E-state index contributed by atoms with van der Waals surface area (Å²) in [6.07, 6.45) is 2.89. The number of likely N-dealkylation sites (N-methyl/N-ethyl adjacent to an activating group) is 1. The summed E-state index contributed by atoms with van der Waals surface area (Å²) in [7, 11) is 0. The molecule has 17 heavy (non-hydrogen) atoms. The van der Waals surface area contributed by atoms with Crippen LogP contribution in [0.3, 0.4) is 0 Å². The van der Waals surface area contributed by atoms with E-state index in [1.807, 2.05) is 25.3 Å². The van der Waals surface area contributed by atoms with Crippen LogP contribution in [0.4, 0.5) is 0 Å². The average molecular weight is 236 g/mol. The van der Waals surface area contributed by atoms with E-state index in [4.69, 9.17) is 4.74 Å². The van der Waals surface area contributed by atoms with Crippen LogP contribution in [0.15, 0.2) is 24.4 Å². The summed E-state index contributed by atoms with van der Waals surface area (Å²) < 4.78 is 5.44. The van der Waals surface area contributed by atoms with Gasteiger partial charge in [0.2, 0.25) is 0 Å². The maximum atomic E-state index is 5.44. The Bertz CT molecular complexity index is 290. The lowest BCUT2D eigenvalue weighted by atomic mass is 9.95. The smallest absolute Gasteiger partial charge is 0.0480 e. The van der Waals surface area contributed by atoms with Crippen molar-refractivity contribution in [3.63, 3.8) is 0 Å². The minimum atomic E-state index is 0.414. The van der Waals surface area contributed by atoms with Crippen LogP contribution in [0.25, 0.3) is 0 Å². The van der Waals surface area contributed by atoms with Gasteiger partial charge < -0.3 is 10.1 Å². The van der Waals surface area contributed by atoms with Gasteiger partial charge >= 0.3 is 0 Å². The minimum Gasteiger partial charge on any atom is -0.382 e. The Kier molecular flexibility index (Phi) is 6.82. The minimum absolute atomic E-state index is 0.414. The number of nitrogens with one attached hydrogen (secondary N) is 1. The first-order valence-corrected chi connectivity index (χ1v) is 6.51. The summed E-state index contributed by atoms with van der Waals surface area (Å²) in [6, 6.07) is 6.53. The number of rotatable bonds is 8. The maximum absolute atomic E-state index is 5.44. The Hall–Kier alpha value is -0.930. The molecule has 3 nitrogen and oxygen atoms in total. The van der Waals surface area contributed by atoms with Crippen LogP contribution in [-0.2, 0) is 4.74 Å². The van der Waals surface area contributed by atoms with Crippen LogP contribution in [-0.4, -0.2) is 30.8 Å². The molecule has 0 bridgehead atoms. The van der Waals surface area contributed by atoms with Crippen molar-refractivity contribution < 1.29 is 4.74 Å². The van der Waals surface area contributed by atoms with Gasteiger partial charge in [0, 0.05) is 37.1 Å². The highest BCUT2D eigenvalue weighted by Gasteiger charge is 2.18. The Labute approximate surface area is 105 Å². The van der Waals surface area contributed by atoms with E-state index in [-0.39, 0.29) is 0 Å². The molecule has 0 aliphatic heterocycles. The predicted octanol–water partition coefficient (Wildman–Crippen LogP) is 2.59. The van der Waals surface area contributed by atoms with Crippen molar-refractivity contribution in [2.45, 2.75) is 39.2 Å². The third-order valence-corrected chi connectivity index (χ3v) is 3.00. The van der Waals surface area contributed by atoms with Gasteiger partial charge in [0.1, 0.15) is 0 Å². The second-order valence-corrected chi connectivity index (χ2v) is 4.19. The van der Waals surface area contributed by atoms with Crippen LogP contribution in [0.1, 0.15) is 38.8 Å². The van der Waals surface area contributed by atoms with Gasteiger partial charge in [0.15, 0.2) is 0 Å². The van der Waals surface area contributed by atoms with Crippen molar-refractivity contribution in [1.29, 1.82) is 0 Å². The molecule has 0 fully saturated rings. The molecule has 0 saturated heterocycles. The zero-order valence-corrected chi connectivity index (χ0v) is 11.1. The van der Waals surface area contributed by atoms with Crippen molar-refractivity contribution >= 4 is 0 Å². The fourth-order valence-electron chi connectivity index (χ4n) is 2.00. The molecule has 1 heterocycles. The molecule has 2 atom stereocenters. The highest BCUT2D eigenvalue weighted by atomic mass is 16.5. The molecule has 1 rings (SSSR count). The first-order valence-electron chi connectivity index (χ1n) is 6.51. The number of nitrogens with zero attached hydrogens (tertiary/aromatic N) is 1. The third kappa shape index (κ3) is 4.84. The van der Waals surface area contributed by atoms with Gasteiger partial charge in [-0.25, -0.2) is 0 Å². The van der Waals surface area contributed by atoms with Gasteiger partial charge in [0.05, 0.1) is 0 Å². The number of pyridine rings is 1. The van der Waals surface area contributed by atoms with Crippen LogP contribution in [0, 0.1) is 0 Å². The monoisotopic (exact) mass is 236 g/mol. The molecule has 96 valence electrons. The number of hydrogen-bond donors (Lipinski definition) is 1. The number of hydrogen-bond acceptors (Lipinski definition) is 3. The molecule has 3 heteroatoms. The van der Waals surface area contributed by atoms with Crippen LogP contribution < -0.4 is 5.32 Å². The van der Waals surface area contributed by atoms with E-state index in [0.29, 0.717) is 12.0 Å². The molecule has 1 N–H and O–H groups in total. The standard InChI is InChI=1S/C14H24N2O/c1-4-15-14(9-11-17-5-2)12(3)13-8-6-7-10-16-13/h6-8,10,12,14-15H,4-5,9,11H2,1-3H3. The molecule has 0 aliphatic carbocycles. The normalized spacial score (nSPS) is 14.5. The molecular formula is C14H24N2O. The lowest BCUT2D eigenvalue weighted by molar-refractivity contribution is 0.133. The summed E-state index contributed by atoms with van der Waals surface area (Å²) in [5.74, 6) is 0.414. The highest BCUT2D eigenvalue weighted by Crippen LogP contribution is 2.18. The summed E-state index contributed by atoms with van der Waals surface area (Å²) in [4.78, 5) is 4.43. The van der Waals surface area contributed by atoms with Gasteiger partial charge in [-0.05, 0) is 32.0 Å². The summed E-state index contributed by atoms with van der Waals surface area (Å²) in [5.41, 5.74) is 1.15. The predicted molar refractivity (Wildman–Crippen MR) is 71.2 cm³/mol. The summed E-state index contributed by atoms with van der Waals surface area (Å²) in [6.45, 7) is 8.97. The Morgan fingerprint density at radius 3 is 2.76 bits per heavy atom. The zero-order valence-electron chi connectivity index (χ0n) is 11.1. The molecule has 0 aromatic carbocycles. The van der Waals surface area contributed by atoms with Crippen molar-refractivity contribution in [1.82, 2.24) is 10.3 Å². The van der Waals surface area contributed by atoms with Gasteiger partial charge in [0.25, 0.3) is 0 Å². The fourth-order valence-corrected chi connectivity index (χ4v) is 2.00. The molecule has 1 aromatic rings. The Morgan fingerprint density at radius 1 is 1.35 bits per heavy atom. The SMILES string of the molecule is CCNC(CCOCC)C(C)c1ccccn1. The number of ether oxygens (including phenoxy) is 1. The van der Waals surface area contributed by atoms with E-state index in [1.54, 1.807) is 0 Å². The largest absolute Gasteiger partial charge is 0.382 e. The number of aromatic nitrogens is 1. The van der Waals surface area contributed by atoms with Crippen molar-refractivity contribution in [3.8, 4) is 0 Å². The molecular weight excluding hydrogens is 212 g/mol. The second kappa shape index (κ2) is 8.20. The molecule has 0 spiro atoms. The van der Waals surface area contributed by atoms with Gasteiger partial charge in [-0.1, -0.05) is 19.9 Å². The highest BCUT2D eigenvalue weighted by molar-refractivity contribution is 5.11. The van der Waals surface area contributed by atoms with E-state index >= 15 is 0 Å². The fraction of sp³-hybridized carbons (Fsp3) is 0.643. The first kappa shape index (κ1) is 14.1.